The standard InChI is InChI=1S/C32H40O4S2Si/c1-6-34-26-19-17-25(18-20-26)23-37-31-21-29(30(38-31)22-35-24(2)33)36-39(32(3,4)5,27-13-9-7-10-14-27)28-15-11-8-12-16-28/h7-20,29-31H,6,21-23H2,1-5H3/t29-,30+,31?/m0/s1. The van der Waals surface area contributed by atoms with Crippen molar-refractivity contribution >= 4 is 48.2 Å². The van der Waals surface area contributed by atoms with Crippen molar-refractivity contribution in [2.45, 2.75) is 67.8 Å². The maximum Gasteiger partial charge on any atom is 0.302 e. The van der Waals surface area contributed by atoms with Gasteiger partial charge in [-0.25, -0.2) is 0 Å². The van der Waals surface area contributed by atoms with Gasteiger partial charge in [0.05, 0.1) is 22.5 Å². The van der Waals surface area contributed by atoms with Gasteiger partial charge in [-0.1, -0.05) is 93.6 Å². The van der Waals surface area contributed by atoms with E-state index in [0.29, 0.717) is 17.8 Å². The van der Waals surface area contributed by atoms with Crippen LogP contribution in [0.3, 0.4) is 0 Å². The zero-order valence-electron chi connectivity index (χ0n) is 23.6. The molecule has 4 rings (SSSR count). The molecule has 1 heterocycles. The van der Waals surface area contributed by atoms with Gasteiger partial charge in [-0.3, -0.25) is 4.79 Å². The molecule has 1 unspecified atom stereocenters. The Bertz CT molecular complexity index is 1140. The van der Waals surface area contributed by atoms with E-state index in [2.05, 4.69) is 93.6 Å². The van der Waals surface area contributed by atoms with Crippen LogP contribution in [0.5, 0.6) is 5.75 Å². The van der Waals surface area contributed by atoms with E-state index in [9.17, 15) is 4.79 Å². The van der Waals surface area contributed by atoms with Crippen molar-refractivity contribution in [3.63, 3.8) is 0 Å². The summed E-state index contributed by atoms with van der Waals surface area (Å²) in [5, 5.41) is 2.50. The third-order valence-electron chi connectivity index (χ3n) is 7.03. The molecule has 1 aliphatic rings. The summed E-state index contributed by atoms with van der Waals surface area (Å²) in [5.41, 5.74) is 1.27. The molecule has 0 aromatic heterocycles. The van der Waals surface area contributed by atoms with E-state index in [-0.39, 0.29) is 22.4 Å². The lowest BCUT2D eigenvalue weighted by atomic mass is 10.2. The van der Waals surface area contributed by atoms with Gasteiger partial charge in [0.25, 0.3) is 8.32 Å². The minimum Gasteiger partial charge on any atom is -0.494 e. The molecule has 1 saturated heterocycles. The summed E-state index contributed by atoms with van der Waals surface area (Å²) in [4.78, 5) is 11.8. The number of carbonyl (C=O) groups is 1. The minimum absolute atomic E-state index is 0.0292. The molecule has 1 fully saturated rings. The number of rotatable bonds is 11. The van der Waals surface area contributed by atoms with E-state index in [1.807, 2.05) is 42.6 Å². The number of thioether (sulfide) groups is 2. The number of esters is 1. The van der Waals surface area contributed by atoms with Crippen molar-refractivity contribution < 1.29 is 18.7 Å². The first kappa shape index (κ1) is 29.8. The fourth-order valence-corrected chi connectivity index (χ4v) is 13.1. The summed E-state index contributed by atoms with van der Waals surface area (Å²) in [6.07, 6.45) is 0.876. The number of ether oxygens (including phenoxy) is 2. The highest BCUT2D eigenvalue weighted by Crippen LogP contribution is 2.46. The summed E-state index contributed by atoms with van der Waals surface area (Å²) in [6, 6.07) is 29.9. The van der Waals surface area contributed by atoms with E-state index < -0.39 is 8.32 Å². The lowest BCUT2D eigenvalue weighted by Gasteiger charge is -2.45. The molecule has 3 aromatic rings. The van der Waals surface area contributed by atoms with E-state index in [1.165, 1.54) is 22.9 Å². The van der Waals surface area contributed by atoms with Crippen LogP contribution in [0.1, 0.15) is 46.6 Å². The SMILES string of the molecule is CCOc1ccc(CSC2C[C@H](O[Si](c3ccccc3)(c3ccccc3)C(C)(C)C)[C@@H](COC(C)=O)S2)cc1. The largest absolute Gasteiger partial charge is 0.494 e. The molecular weight excluding hydrogens is 541 g/mol. The van der Waals surface area contributed by atoms with Crippen LogP contribution in [0.4, 0.5) is 0 Å². The molecule has 3 aromatic carbocycles. The summed E-state index contributed by atoms with van der Waals surface area (Å²) in [5.74, 6) is 1.57. The smallest absolute Gasteiger partial charge is 0.302 e. The van der Waals surface area contributed by atoms with Crippen molar-refractivity contribution in [3.05, 3.63) is 90.5 Å². The second kappa shape index (κ2) is 13.4. The Morgan fingerprint density at radius 2 is 1.54 bits per heavy atom. The zero-order valence-corrected chi connectivity index (χ0v) is 26.2. The molecule has 0 amide bonds. The molecule has 208 valence electrons. The highest BCUT2D eigenvalue weighted by atomic mass is 32.2. The lowest BCUT2D eigenvalue weighted by Crippen LogP contribution is -2.68. The third-order valence-corrected chi connectivity index (χ3v) is 15.2. The summed E-state index contributed by atoms with van der Waals surface area (Å²) in [7, 11) is -2.72. The van der Waals surface area contributed by atoms with Crippen molar-refractivity contribution in [1.29, 1.82) is 0 Å². The Morgan fingerprint density at radius 1 is 0.949 bits per heavy atom. The van der Waals surface area contributed by atoms with Crippen molar-refractivity contribution in [3.8, 4) is 5.75 Å². The highest BCUT2D eigenvalue weighted by Gasteiger charge is 2.53. The normalized spacial score (nSPS) is 19.6. The fourth-order valence-electron chi connectivity index (χ4n) is 5.21. The average molecular weight is 581 g/mol. The van der Waals surface area contributed by atoms with Gasteiger partial charge in [0.2, 0.25) is 0 Å². The van der Waals surface area contributed by atoms with Crippen LogP contribution < -0.4 is 15.1 Å². The predicted molar refractivity (Wildman–Crippen MR) is 168 cm³/mol. The van der Waals surface area contributed by atoms with Gasteiger partial charge >= 0.3 is 5.97 Å². The molecule has 0 aliphatic carbocycles. The molecule has 3 atom stereocenters. The molecule has 4 nitrogen and oxygen atoms in total. The van der Waals surface area contributed by atoms with Gasteiger partial charge < -0.3 is 13.9 Å². The Kier molecular flexibility index (Phi) is 10.3. The van der Waals surface area contributed by atoms with Gasteiger partial charge in [0.15, 0.2) is 0 Å². The Labute approximate surface area is 243 Å². The molecule has 39 heavy (non-hydrogen) atoms. The Balaban J connectivity index is 1.61. The second-order valence-corrected chi connectivity index (χ2v) is 18.0. The number of benzene rings is 3. The molecule has 7 heteroatoms. The second-order valence-electron chi connectivity index (χ2n) is 10.8. The third kappa shape index (κ3) is 7.31. The topological polar surface area (TPSA) is 44.8 Å². The maximum atomic E-state index is 11.8. The summed E-state index contributed by atoms with van der Waals surface area (Å²) in [6.45, 7) is 11.4. The Morgan fingerprint density at radius 3 is 2.05 bits per heavy atom. The van der Waals surface area contributed by atoms with Gasteiger partial charge in [-0.05, 0) is 46.5 Å². The monoisotopic (exact) mass is 580 g/mol. The lowest BCUT2D eigenvalue weighted by molar-refractivity contribution is -0.141. The van der Waals surface area contributed by atoms with E-state index in [0.717, 1.165) is 17.9 Å². The first-order valence-electron chi connectivity index (χ1n) is 13.6. The summed E-state index contributed by atoms with van der Waals surface area (Å²) >= 11 is 3.83. The van der Waals surface area contributed by atoms with Gasteiger partial charge in [-0.2, -0.15) is 0 Å². The van der Waals surface area contributed by atoms with Gasteiger partial charge in [-0.15, -0.1) is 23.5 Å². The molecule has 0 radical (unpaired) electrons. The molecule has 0 bridgehead atoms. The van der Waals surface area contributed by atoms with Crippen molar-refractivity contribution in [2.24, 2.45) is 0 Å². The average Bonchev–Trinajstić information content (AvgIpc) is 3.32. The Hall–Kier alpha value is -2.19. The number of hydrogen-bond donors (Lipinski definition) is 0. The van der Waals surface area contributed by atoms with Crippen LogP contribution in [0.15, 0.2) is 84.9 Å². The van der Waals surface area contributed by atoms with E-state index in [4.69, 9.17) is 13.9 Å². The van der Waals surface area contributed by atoms with Gasteiger partial charge in [0, 0.05) is 12.7 Å². The maximum absolute atomic E-state index is 11.8. The van der Waals surface area contributed by atoms with E-state index >= 15 is 0 Å². The molecule has 0 spiro atoms. The van der Waals surface area contributed by atoms with Crippen LogP contribution in [-0.2, 0) is 19.7 Å². The van der Waals surface area contributed by atoms with Crippen LogP contribution in [-0.4, -0.2) is 43.4 Å². The van der Waals surface area contributed by atoms with Gasteiger partial charge in [0.1, 0.15) is 12.4 Å². The van der Waals surface area contributed by atoms with Crippen molar-refractivity contribution in [2.75, 3.05) is 13.2 Å². The van der Waals surface area contributed by atoms with Crippen LogP contribution in [0.2, 0.25) is 5.04 Å². The fraction of sp³-hybridized carbons (Fsp3) is 0.406. The zero-order chi connectivity index (χ0) is 27.9. The quantitative estimate of drug-likeness (QED) is 0.187. The molecule has 1 aliphatic heterocycles. The number of hydrogen-bond acceptors (Lipinski definition) is 6. The molecule has 0 N–H and O–H groups in total. The first-order chi connectivity index (χ1) is 18.7. The highest BCUT2D eigenvalue weighted by molar-refractivity contribution is 8.17. The summed E-state index contributed by atoms with van der Waals surface area (Å²) < 4.78 is 19.0. The van der Waals surface area contributed by atoms with E-state index in [1.54, 1.807) is 0 Å². The minimum atomic E-state index is -2.72. The van der Waals surface area contributed by atoms with Crippen molar-refractivity contribution in [1.82, 2.24) is 0 Å². The molecular formula is C32H40O4S2Si. The van der Waals surface area contributed by atoms with Crippen LogP contribution in [0.25, 0.3) is 0 Å². The number of carbonyl (C=O) groups excluding carboxylic acids is 1. The first-order valence-corrected chi connectivity index (χ1v) is 17.5. The van der Waals surface area contributed by atoms with Crippen LogP contribution in [0, 0.1) is 0 Å². The van der Waals surface area contributed by atoms with Crippen LogP contribution >= 0.6 is 23.5 Å². The predicted octanol–water partition coefficient (Wildman–Crippen LogP) is 6.66. The molecule has 0 saturated carbocycles.